The van der Waals surface area contributed by atoms with Crippen molar-refractivity contribution in [1.29, 1.82) is 0 Å². The number of fused-ring (bicyclic) bond motifs is 5. The second kappa shape index (κ2) is 7.00. The van der Waals surface area contributed by atoms with Crippen LogP contribution in [0.3, 0.4) is 0 Å². The van der Waals surface area contributed by atoms with Crippen molar-refractivity contribution in [2.75, 3.05) is 0 Å². The van der Waals surface area contributed by atoms with Gasteiger partial charge in [0.15, 0.2) is 0 Å². The Labute approximate surface area is 166 Å². The molecule has 1 N–H and O–H groups in total. The minimum atomic E-state index is -3.05. The number of carbonyl (C=O) groups is 2. The minimum Gasteiger partial charge on any atom is -0.393 e. The number of allylic oxidation sites excluding steroid dienone is 1. The predicted octanol–water partition coefficient (Wildman–Crippen LogP) is 4.72. The van der Waals surface area contributed by atoms with Crippen LogP contribution in [0.25, 0.3) is 0 Å². The van der Waals surface area contributed by atoms with Gasteiger partial charge >= 0.3 is 0 Å². The molecule has 0 spiro atoms. The molecule has 0 saturated heterocycles. The fourth-order valence-corrected chi connectivity index (χ4v) is 7.54. The zero-order valence-electron chi connectivity index (χ0n) is 16.9. The Morgan fingerprint density at radius 1 is 1.14 bits per heavy atom. The van der Waals surface area contributed by atoms with Crippen LogP contribution in [0.5, 0.6) is 0 Å². The molecule has 7 atom stereocenters. The van der Waals surface area contributed by atoms with Crippen molar-refractivity contribution < 1.29 is 23.5 Å². The third kappa shape index (κ3) is 3.00. The largest absolute Gasteiger partial charge is 0.393 e. The molecule has 0 amide bonds. The van der Waals surface area contributed by atoms with Gasteiger partial charge in [-0.1, -0.05) is 25.5 Å². The molecule has 156 valence electrons. The number of hydrogen-bond donors (Lipinski definition) is 1. The highest BCUT2D eigenvalue weighted by Crippen LogP contribution is 2.66. The fourth-order valence-electron chi connectivity index (χ4n) is 7.54. The van der Waals surface area contributed by atoms with Gasteiger partial charge in [0.25, 0.3) is 6.43 Å². The molecule has 0 radical (unpaired) electrons. The van der Waals surface area contributed by atoms with Crippen LogP contribution in [0, 0.1) is 34.5 Å². The predicted molar refractivity (Wildman–Crippen MR) is 102 cm³/mol. The lowest BCUT2D eigenvalue weighted by Crippen LogP contribution is -2.51. The topological polar surface area (TPSA) is 54.4 Å². The zero-order chi connectivity index (χ0) is 20.3. The summed E-state index contributed by atoms with van der Waals surface area (Å²) in [4.78, 5) is 24.1. The van der Waals surface area contributed by atoms with E-state index in [2.05, 4.69) is 19.9 Å². The molecular formula is C23H32F2O3. The van der Waals surface area contributed by atoms with Crippen molar-refractivity contribution in [2.24, 2.45) is 34.5 Å². The highest BCUT2D eigenvalue weighted by atomic mass is 19.3. The van der Waals surface area contributed by atoms with Gasteiger partial charge in [-0.05, 0) is 80.0 Å². The fraction of sp³-hybridized carbons (Fsp3) is 0.826. The molecule has 0 aromatic rings. The number of carbonyl (C=O) groups excluding carboxylic acids is 2. The molecule has 3 fully saturated rings. The quantitative estimate of drug-likeness (QED) is 0.554. The van der Waals surface area contributed by atoms with E-state index in [1.165, 1.54) is 5.57 Å². The van der Waals surface area contributed by atoms with Crippen LogP contribution in [0.1, 0.15) is 71.6 Å². The normalized spacial score (nSPS) is 45.1. The summed E-state index contributed by atoms with van der Waals surface area (Å²) in [6.45, 7) is 4.53. The lowest BCUT2D eigenvalue weighted by molar-refractivity contribution is -0.138. The summed E-state index contributed by atoms with van der Waals surface area (Å²) in [6, 6.07) is 0. The Hall–Kier alpha value is -1.10. The molecule has 0 aromatic heterocycles. The van der Waals surface area contributed by atoms with Crippen LogP contribution in [-0.4, -0.2) is 29.2 Å². The molecule has 0 bridgehead atoms. The number of Topliss-reactive ketones (excluding diaryl/α,β-unsaturated/α-hetero) is 2. The van der Waals surface area contributed by atoms with E-state index in [9.17, 15) is 23.5 Å². The van der Waals surface area contributed by atoms with Crippen molar-refractivity contribution in [3.8, 4) is 0 Å². The van der Waals surface area contributed by atoms with E-state index in [1.54, 1.807) is 0 Å². The average Bonchev–Trinajstić information content (AvgIpc) is 2.99. The van der Waals surface area contributed by atoms with Gasteiger partial charge in [-0.25, -0.2) is 8.78 Å². The SMILES string of the molecule is C[C@]12CC[C@H]3[C@@H](CC=C4C[C@H](O)CC[C@@]43C)[C@@H]1CC[C@@H]2C(=O)CC(=O)C(F)F. The van der Waals surface area contributed by atoms with E-state index in [0.717, 1.165) is 51.4 Å². The lowest BCUT2D eigenvalue weighted by Gasteiger charge is -2.58. The first kappa shape index (κ1) is 20.2. The van der Waals surface area contributed by atoms with Crippen LogP contribution in [0.4, 0.5) is 8.78 Å². The lowest BCUT2D eigenvalue weighted by atomic mass is 9.47. The van der Waals surface area contributed by atoms with Crippen molar-refractivity contribution in [3.63, 3.8) is 0 Å². The van der Waals surface area contributed by atoms with Crippen molar-refractivity contribution >= 4 is 11.6 Å². The van der Waals surface area contributed by atoms with Gasteiger partial charge in [0, 0.05) is 5.92 Å². The van der Waals surface area contributed by atoms with Crippen LogP contribution in [0.2, 0.25) is 0 Å². The molecule has 0 aromatic carbocycles. The van der Waals surface area contributed by atoms with Gasteiger partial charge in [-0.2, -0.15) is 0 Å². The molecular weight excluding hydrogens is 362 g/mol. The van der Waals surface area contributed by atoms with Gasteiger partial charge in [-0.15, -0.1) is 0 Å². The molecule has 3 saturated carbocycles. The maximum atomic E-state index is 12.7. The molecule has 0 unspecified atom stereocenters. The van der Waals surface area contributed by atoms with E-state index in [0.29, 0.717) is 17.8 Å². The molecule has 0 aliphatic heterocycles. The second-order valence-electron chi connectivity index (χ2n) is 10.2. The van der Waals surface area contributed by atoms with E-state index in [-0.39, 0.29) is 28.6 Å². The second-order valence-corrected chi connectivity index (χ2v) is 10.2. The molecule has 28 heavy (non-hydrogen) atoms. The maximum Gasteiger partial charge on any atom is 0.296 e. The van der Waals surface area contributed by atoms with Crippen LogP contribution in [0.15, 0.2) is 11.6 Å². The zero-order valence-corrected chi connectivity index (χ0v) is 16.9. The summed E-state index contributed by atoms with van der Waals surface area (Å²) in [5.74, 6) is -0.242. The molecule has 4 rings (SSSR count). The van der Waals surface area contributed by atoms with Gasteiger partial charge in [0.1, 0.15) is 5.78 Å². The Kier molecular flexibility index (Phi) is 5.05. The number of rotatable bonds is 4. The molecule has 4 aliphatic carbocycles. The number of hydrogen-bond acceptors (Lipinski definition) is 3. The number of halogens is 2. The first-order valence-corrected chi connectivity index (χ1v) is 10.9. The van der Waals surface area contributed by atoms with E-state index in [4.69, 9.17) is 0 Å². The van der Waals surface area contributed by atoms with Gasteiger partial charge in [-0.3, -0.25) is 9.59 Å². The Morgan fingerprint density at radius 2 is 1.89 bits per heavy atom. The van der Waals surface area contributed by atoms with Gasteiger partial charge < -0.3 is 5.11 Å². The number of aliphatic hydroxyl groups is 1. The number of aliphatic hydroxyl groups excluding tert-OH is 1. The number of ketones is 2. The van der Waals surface area contributed by atoms with Crippen molar-refractivity contribution in [1.82, 2.24) is 0 Å². The van der Waals surface area contributed by atoms with E-state index < -0.39 is 18.6 Å². The highest BCUT2D eigenvalue weighted by Gasteiger charge is 2.59. The standard InChI is InChI=1S/C23H32F2O3/c1-22-9-7-14(26)11-13(22)3-4-15-16-5-6-18(19(27)12-20(28)21(24)25)23(16,2)10-8-17(15)22/h3,14-18,21,26H,4-12H2,1-2H3/t14-,15+,16+,17+,18-,22+,23+/m1/s1. The third-order valence-corrected chi connectivity index (χ3v) is 9.06. The minimum absolute atomic E-state index is 0.150. The summed E-state index contributed by atoms with van der Waals surface area (Å²) in [5, 5.41) is 10.1. The monoisotopic (exact) mass is 394 g/mol. The average molecular weight is 395 g/mol. The maximum absolute atomic E-state index is 12.7. The van der Waals surface area contributed by atoms with E-state index >= 15 is 0 Å². The molecule has 5 heteroatoms. The third-order valence-electron chi connectivity index (χ3n) is 9.06. The van der Waals surface area contributed by atoms with Crippen LogP contribution in [-0.2, 0) is 9.59 Å². The van der Waals surface area contributed by atoms with E-state index in [1.807, 2.05) is 0 Å². The van der Waals surface area contributed by atoms with Crippen molar-refractivity contribution in [3.05, 3.63) is 11.6 Å². The highest BCUT2D eigenvalue weighted by molar-refractivity contribution is 6.01. The Bertz CT molecular complexity index is 702. The summed E-state index contributed by atoms with van der Waals surface area (Å²) in [6.07, 6.45) is 5.81. The number of alkyl halides is 2. The van der Waals surface area contributed by atoms with Gasteiger partial charge in [0.05, 0.1) is 12.5 Å². The van der Waals surface area contributed by atoms with Crippen LogP contribution >= 0.6 is 0 Å². The first-order chi connectivity index (χ1) is 13.2. The summed E-state index contributed by atoms with van der Waals surface area (Å²) >= 11 is 0. The summed E-state index contributed by atoms with van der Waals surface area (Å²) < 4.78 is 25.3. The molecule has 4 aliphatic rings. The summed E-state index contributed by atoms with van der Waals surface area (Å²) in [5.41, 5.74) is 1.40. The Morgan fingerprint density at radius 3 is 2.61 bits per heavy atom. The van der Waals surface area contributed by atoms with Gasteiger partial charge in [0.2, 0.25) is 5.78 Å². The first-order valence-electron chi connectivity index (χ1n) is 10.9. The molecule has 0 heterocycles. The Balaban J connectivity index is 1.55. The summed E-state index contributed by atoms with van der Waals surface area (Å²) in [7, 11) is 0. The smallest absolute Gasteiger partial charge is 0.296 e. The van der Waals surface area contributed by atoms with Crippen LogP contribution < -0.4 is 0 Å². The molecule has 3 nitrogen and oxygen atoms in total. The van der Waals surface area contributed by atoms with Crippen molar-refractivity contribution in [2.45, 2.75) is 84.2 Å².